The minimum Gasteiger partial charge on any atom is -0.456 e. The molecule has 1 amide bonds. The number of nitrogens with zero attached hydrogens (tertiary/aromatic N) is 1. The number of amides is 1. The van der Waals surface area contributed by atoms with Gasteiger partial charge in [0.2, 0.25) is 0 Å². The predicted octanol–water partition coefficient (Wildman–Crippen LogP) is 4.39. The first-order valence-corrected chi connectivity index (χ1v) is 7.73. The van der Waals surface area contributed by atoms with Crippen molar-refractivity contribution in [3.8, 4) is 0 Å². The van der Waals surface area contributed by atoms with Gasteiger partial charge in [0.15, 0.2) is 0 Å². The monoisotopic (exact) mass is 354 g/mol. The smallest absolute Gasteiger partial charge is 0.404 e. The van der Waals surface area contributed by atoms with E-state index in [4.69, 9.17) is 4.42 Å². The summed E-state index contributed by atoms with van der Waals surface area (Å²) in [7, 11) is 0. The lowest BCUT2D eigenvalue weighted by atomic mass is 10.1. The van der Waals surface area contributed by atoms with E-state index in [1.807, 2.05) is 11.5 Å². The maximum absolute atomic E-state index is 14.0. The van der Waals surface area contributed by atoms with Gasteiger partial charge in [0.25, 0.3) is 5.91 Å². The van der Waals surface area contributed by atoms with E-state index in [0.717, 1.165) is 12.3 Å². The molecule has 0 spiro atoms. The Morgan fingerprint density at radius 3 is 2.65 bits per heavy atom. The van der Waals surface area contributed by atoms with Gasteiger partial charge in [0.1, 0.15) is 11.2 Å². The number of carbonyl (C=O) groups is 1. The van der Waals surface area contributed by atoms with E-state index in [0.29, 0.717) is 21.9 Å². The molecule has 1 N–H and O–H groups in total. The molecule has 0 aliphatic heterocycles. The van der Waals surface area contributed by atoms with Gasteiger partial charge in [-0.15, -0.1) is 0 Å². The molecule has 0 atom stereocenters. The molecular weight excluding hydrogens is 342 g/mol. The molecule has 0 saturated heterocycles. The second-order valence-corrected chi connectivity index (χ2v) is 5.57. The maximum atomic E-state index is 14.0. The molecule has 2 heterocycles. The number of nitrogens with one attached hydrogen (secondary N) is 1. The predicted molar refractivity (Wildman–Crippen MR) is 90.4 cm³/mol. The molecule has 0 radical (unpaired) electrons. The molecule has 2 aromatic carbocycles. The van der Waals surface area contributed by atoms with Crippen molar-refractivity contribution in [3.05, 3.63) is 78.1 Å². The van der Waals surface area contributed by atoms with Gasteiger partial charge >= 0.3 is 6.11 Å². The molecule has 26 heavy (non-hydrogen) atoms. The van der Waals surface area contributed by atoms with E-state index in [1.54, 1.807) is 30.3 Å². The summed E-state index contributed by atoms with van der Waals surface area (Å²) in [4.78, 5) is 20.4. The van der Waals surface area contributed by atoms with Gasteiger partial charge in [-0.05, 0) is 30.3 Å². The van der Waals surface area contributed by atoms with Crippen LogP contribution in [-0.2, 0) is 10.9 Å². The number of benzene rings is 2. The molecule has 0 saturated carbocycles. The number of para-hydroxylation sites is 1. The van der Waals surface area contributed by atoms with Crippen LogP contribution in [0.1, 0.15) is 15.9 Å². The van der Waals surface area contributed by atoms with Crippen LogP contribution in [0.3, 0.4) is 0 Å². The highest BCUT2D eigenvalue weighted by atomic mass is 19.3. The van der Waals surface area contributed by atoms with E-state index in [2.05, 4.69) is 9.82 Å². The van der Waals surface area contributed by atoms with Crippen LogP contribution < -0.4 is 5.48 Å². The summed E-state index contributed by atoms with van der Waals surface area (Å²) < 4.78 is 33.8. The average molecular weight is 354 g/mol. The summed E-state index contributed by atoms with van der Waals surface area (Å²) in [5.41, 5.74) is 2.62. The van der Waals surface area contributed by atoms with Gasteiger partial charge in [-0.25, -0.2) is 5.48 Å². The zero-order valence-electron chi connectivity index (χ0n) is 13.3. The number of rotatable bonds is 4. The second kappa shape index (κ2) is 6.20. The van der Waals surface area contributed by atoms with Crippen LogP contribution in [0.2, 0.25) is 0 Å². The molecular formula is C19H12F2N2O3. The first-order chi connectivity index (χ1) is 12.6. The zero-order valence-corrected chi connectivity index (χ0v) is 13.3. The van der Waals surface area contributed by atoms with Crippen molar-refractivity contribution in [1.29, 1.82) is 0 Å². The molecule has 0 unspecified atom stereocenters. The fraction of sp³-hybridized carbons (Fsp3) is 0.0526. The maximum Gasteiger partial charge on any atom is 0.404 e. The SMILES string of the molecule is O=C(NOC(F)(F)c1cccnc1)c1cccc2oc3ccccc3c12. The fourth-order valence-corrected chi connectivity index (χ4v) is 2.72. The van der Waals surface area contributed by atoms with E-state index >= 15 is 0 Å². The van der Waals surface area contributed by atoms with Gasteiger partial charge in [0.05, 0.1) is 11.1 Å². The summed E-state index contributed by atoms with van der Waals surface area (Å²) in [6.45, 7) is 0. The third kappa shape index (κ3) is 2.78. The second-order valence-electron chi connectivity index (χ2n) is 5.57. The minimum absolute atomic E-state index is 0.175. The van der Waals surface area contributed by atoms with E-state index < -0.39 is 17.6 Å². The molecule has 130 valence electrons. The summed E-state index contributed by atoms with van der Waals surface area (Å²) in [6.07, 6.45) is -1.38. The van der Waals surface area contributed by atoms with Gasteiger partial charge in [-0.2, -0.15) is 13.6 Å². The number of aromatic nitrogens is 1. The Morgan fingerprint density at radius 2 is 1.85 bits per heavy atom. The molecule has 5 nitrogen and oxygen atoms in total. The molecule has 4 rings (SSSR count). The van der Waals surface area contributed by atoms with Crippen molar-refractivity contribution in [2.75, 3.05) is 0 Å². The van der Waals surface area contributed by atoms with E-state index in [-0.39, 0.29) is 5.56 Å². The third-order valence-electron chi connectivity index (χ3n) is 3.92. The van der Waals surface area contributed by atoms with Crippen molar-refractivity contribution in [3.63, 3.8) is 0 Å². The summed E-state index contributed by atoms with van der Waals surface area (Å²) in [5.74, 6) is -0.800. The van der Waals surface area contributed by atoms with Gasteiger partial charge < -0.3 is 4.42 Å². The average Bonchev–Trinajstić information content (AvgIpc) is 3.05. The van der Waals surface area contributed by atoms with Gasteiger partial charge in [-0.3, -0.25) is 9.78 Å². The number of pyridine rings is 1. The Hall–Kier alpha value is -3.32. The van der Waals surface area contributed by atoms with Crippen LogP contribution in [-0.4, -0.2) is 10.9 Å². The zero-order chi connectivity index (χ0) is 18.1. The lowest BCUT2D eigenvalue weighted by Gasteiger charge is -2.16. The highest BCUT2D eigenvalue weighted by Crippen LogP contribution is 2.32. The van der Waals surface area contributed by atoms with Crippen molar-refractivity contribution < 1.29 is 22.8 Å². The number of alkyl halides is 2. The summed E-state index contributed by atoms with van der Waals surface area (Å²) >= 11 is 0. The highest BCUT2D eigenvalue weighted by molar-refractivity contribution is 6.16. The highest BCUT2D eigenvalue weighted by Gasteiger charge is 2.35. The van der Waals surface area contributed by atoms with Crippen LogP contribution in [0.5, 0.6) is 0 Å². The molecule has 7 heteroatoms. The summed E-state index contributed by atoms with van der Waals surface area (Å²) in [6, 6.07) is 14.5. The first-order valence-electron chi connectivity index (χ1n) is 7.73. The van der Waals surface area contributed by atoms with E-state index in [9.17, 15) is 13.6 Å². The fourth-order valence-electron chi connectivity index (χ4n) is 2.72. The van der Waals surface area contributed by atoms with Crippen molar-refractivity contribution in [2.24, 2.45) is 0 Å². The number of furan rings is 1. The van der Waals surface area contributed by atoms with Crippen LogP contribution >= 0.6 is 0 Å². The molecule has 0 fully saturated rings. The Morgan fingerprint density at radius 1 is 1.04 bits per heavy atom. The molecule has 4 aromatic rings. The standard InChI is InChI=1S/C19H12F2N2O3/c20-19(21,12-5-4-10-22-11-12)26-23-18(24)14-7-3-9-16-17(14)13-6-1-2-8-15(13)25-16/h1-11H,(H,23,24). The first kappa shape index (κ1) is 16.2. The Kier molecular flexibility index (Phi) is 3.85. The Bertz CT molecular complexity index is 1090. The summed E-state index contributed by atoms with van der Waals surface area (Å²) in [5, 5.41) is 1.25. The normalized spacial score (nSPS) is 11.8. The largest absolute Gasteiger partial charge is 0.456 e. The third-order valence-corrected chi connectivity index (χ3v) is 3.92. The number of hydrogen-bond acceptors (Lipinski definition) is 4. The van der Waals surface area contributed by atoms with E-state index in [1.165, 1.54) is 18.3 Å². The topological polar surface area (TPSA) is 64.4 Å². The lowest BCUT2D eigenvalue weighted by molar-refractivity contribution is -0.272. The Labute approximate surface area is 146 Å². The number of carbonyl (C=O) groups excluding carboxylic acids is 1. The van der Waals surface area contributed by atoms with Gasteiger partial charge in [-0.1, -0.05) is 24.3 Å². The molecule has 2 aromatic heterocycles. The Balaban J connectivity index is 1.65. The van der Waals surface area contributed by atoms with Crippen LogP contribution in [0.4, 0.5) is 8.78 Å². The van der Waals surface area contributed by atoms with Crippen LogP contribution in [0, 0.1) is 0 Å². The molecule has 0 bridgehead atoms. The lowest BCUT2D eigenvalue weighted by Crippen LogP contribution is -2.32. The minimum atomic E-state index is -3.71. The number of hydrogen-bond donors (Lipinski definition) is 1. The number of fused-ring (bicyclic) bond motifs is 3. The number of hydroxylamine groups is 1. The van der Waals surface area contributed by atoms with Crippen LogP contribution in [0.25, 0.3) is 21.9 Å². The van der Waals surface area contributed by atoms with Gasteiger partial charge in [0, 0.05) is 23.2 Å². The quantitative estimate of drug-likeness (QED) is 0.552. The molecule has 0 aliphatic carbocycles. The van der Waals surface area contributed by atoms with Crippen molar-refractivity contribution >= 4 is 27.8 Å². The van der Waals surface area contributed by atoms with Crippen LogP contribution in [0.15, 0.2) is 71.4 Å². The van der Waals surface area contributed by atoms with Crippen molar-refractivity contribution in [1.82, 2.24) is 10.5 Å². The number of halogens is 2. The van der Waals surface area contributed by atoms with Crippen molar-refractivity contribution in [2.45, 2.75) is 6.11 Å². The molecule has 0 aliphatic rings.